The van der Waals surface area contributed by atoms with Gasteiger partial charge in [0.05, 0.1) is 0 Å². The topological polar surface area (TPSA) is 40.5 Å². The van der Waals surface area contributed by atoms with Crippen molar-refractivity contribution in [2.45, 2.75) is 19.3 Å². The van der Waals surface area contributed by atoms with Gasteiger partial charge in [0.1, 0.15) is 0 Å². The van der Waals surface area contributed by atoms with Crippen LogP contribution < -0.4 is 5.46 Å². The van der Waals surface area contributed by atoms with E-state index in [9.17, 15) is 10.0 Å². The van der Waals surface area contributed by atoms with Crippen molar-refractivity contribution in [1.82, 2.24) is 0 Å². The van der Waals surface area contributed by atoms with E-state index in [0.29, 0.717) is 5.46 Å². The monoisotopic (exact) mass is 364 g/mol. The summed E-state index contributed by atoms with van der Waals surface area (Å²) in [6.45, 7) is 4.41. The minimum Gasteiger partial charge on any atom is -0.423 e. The van der Waals surface area contributed by atoms with E-state index in [0.717, 1.165) is 5.56 Å². The van der Waals surface area contributed by atoms with Crippen LogP contribution in [-0.4, -0.2) is 17.2 Å². The first-order valence-electron chi connectivity index (χ1n) is 9.60. The standard InChI is InChI=1S/C25H21BO2/c1-25(2)23-14-17(20-9-5-7-16-6-3-4-8-19(16)20)10-12-21(23)22-13-11-18(26(27)28)15-24(22)25/h3-15,27-28H,1-2H3. The molecule has 1 aliphatic rings. The fraction of sp³-hybridized carbons (Fsp3) is 0.120. The van der Waals surface area contributed by atoms with Gasteiger partial charge in [-0.25, -0.2) is 0 Å². The molecule has 0 amide bonds. The molecule has 1 aliphatic carbocycles. The summed E-state index contributed by atoms with van der Waals surface area (Å²) in [5.74, 6) is 0. The summed E-state index contributed by atoms with van der Waals surface area (Å²) in [6, 6.07) is 27.3. The lowest BCUT2D eigenvalue weighted by atomic mass is 9.75. The quantitative estimate of drug-likeness (QED) is 0.515. The van der Waals surface area contributed by atoms with Gasteiger partial charge < -0.3 is 10.0 Å². The molecule has 0 saturated carbocycles. The van der Waals surface area contributed by atoms with Crippen LogP contribution in [0.5, 0.6) is 0 Å². The van der Waals surface area contributed by atoms with Crippen LogP contribution in [0.3, 0.4) is 0 Å². The molecule has 4 aromatic rings. The molecular formula is C25H21BO2. The van der Waals surface area contributed by atoms with Crippen molar-refractivity contribution in [3.8, 4) is 22.3 Å². The summed E-state index contributed by atoms with van der Waals surface area (Å²) in [4.78, 5) is 0. The molecule has 3 heteroatoms. The zero-order valence-corrected chi connectivity index (χ0v) is 16.0. The van der Waals surface area contributed by atoms with Crippen LogP contribution in [0.4, 0.5) is 0 Å². The van der Waals surface area contributed by atoms with Gasteiger partial charge in [-0.2, -0.15) is 0 Å². The first kappa shape index (κ1) is 17.2. The Kier molecular flexibility index (Phi) is 3.73. The molecular weight excluding hydrogens is 343 g/mol. The highest BCUT2D eigenvalue weighted by Crippen LogP contribution is 2.49. The molecule has 5 rings (SSSR count). The average Bonchev–Trinajstić information content (AvgIpc) is 2.94. The summed E-state index contributed by atoms with van der Waals surface area (Å²) in [7, 11) is -1.45. The number of benzene rings is 4. The van der Waals surface area contributed by atoms with E-state index in [1.807, 2.05) is 12.1 Å². The average molecular weight is 364 g/mol. The minimum atomic E-state index is -1.45. The van der Waals surface area contributed by atoms with Gasteiger partial charge in [0.2, 0.25) is 0 Å². The summed E-state index contributed by atoms with van der Waals surface area (Å²) in [6.07, 6.45) is 0. The molecule has 2 nitrogen and oxygen atoms in total. The predicted octanol–water partition coefficient (Wildman–Crippen LogP) is 4.49. The fourth-order valence-electron chi connectivity index (χ4n) is 4.56. The Morgan fingerprint density at radius 3 is 2.14 bits per heavy atom. The van der Waals surface area contributed by atoms with Gasteiger partial charge in [-0.15, -0.1) is 0 Å². The predicted molar refractivity (Wildman–Crippen MR) is 117 cm³/mol. The molecule has 0 aliphatic heterocycles. The molecule has 4 aromatic carbocycles. The highest BCUT2D eigenvalue weighted by molar-refractivity contribution is 6.58. The van der Waals surface area contributed by atoms with Crippen molar-refractivity contribution in [1.29, 1.82) is 0 Å². The SMILES string of the molecule is CC1(C)c2cc(B(O)O)ccc2-c2ccc(-c3cccc4ccccc34)cc21. The Morgan fingerprint density at radius 2 is 1.36 bits per heavy atom. The second-order valence-corrected chi connectivity index (χ2v) is 8.09. The molecule has 0 atom stereocenters. The second-order valence-electron chi connectivity index (χ2n) is 8.09. The van der Waals surface area contributed by atoms with Crippen LogP contribution in [-0.2, 0) is 5.41 Å². The van der Waals surface area contributed by atoms with Gasteiger partial charge in [-0.3, -0.25) is 0 Å². The summed E-state index contributed by atoms with van der Waals surface area (Å²) in [5, 5.41) is 21.7. The van der Waals surface area contributed by atoms with Crippen LogP contribution in [0.15, 0.2) is 78.9 Å². The summed E-state index contributed by atoms with van der Waals surface area (Å²) in [5.41, 5.74) is 7.60. The normalized spacial score (nSPS) is 14.0. The lowest BCUT2D eigenvalue weighted by molar-refractivity contribution is 0.425. The Hall–Kier alpha value is -2.88. The smallest absolute Gasteiger partial charge is 0.423 e. The van der Waals surface area contributed by atoms with Gasteiger partial charge in [-0.05, 0) is 55.7 Å². The first-order valence-corrected chi connectivity index (χ1v) is 9.60. The molecule has 0 spiro atoms. The lowest BCUT2D eigenvalue weighted by Gasteiger charge is -2.22. The summed E-state index contributed by atoms with van der Waals surface area (Å²) >= 11 is 0. The van der Waals surface area contributed by atoms with Crippen molar-refractivity contribution in [3.05, 3.63) is 90.0 Å². The first-order chi connectivity index (χ1) is 13.5. The van der Waals surface area contributed by atoms with Crippen LogP contribution in [0.2, 0.25) is 0 Å². The summed E-state index contributed by atoms with van der Waals surface area (Å²) < 4.78 is 0. The molecule has 0 saturated heterocycles. The van der Waals surface area contributed by atoms with Gasteiger partial charge in [0, 0.05) is 5.41 Å². The minimum absolute atomic E-state index is 0.198. The molecule has 0 radical (unpaired) electrons. The van der Waals surface area contributed by atoms with Crippen LogP contribution in [0.25, 0.3) is 33.0 Å². The van der Waals surface area contributed by atoms with Crippen molar-refractivity contribution in [2.24, 2.45) is 0 Å². The Morgan fingerprint density at radius 1 is 0.679 bits per heavy atom. The largest absolute Gasteiger partial charge is 0.488 e. The van der Waals surface area contributed by atoms with E-state index in [1.54, 1.807) is 6.07 Å². The number of fused-ring (bicyclic) bond motifs is 4. The lowest BCUT2D eigenvalue weighted by Crippen LogP contribution is -2.31. The number of hydrogen-bond donors (Lipinski definition) is 2. The molecule has 0 heterocycles. The van der Waals surface area contributed by atoms with E-state index in [-0.39, 0.29) is 5.41 Å². The van der Waals surface area contributed by atoms with Crippen LogP contribution in [0, 0.1) is 0 Å². The van der Waals surface area contributed by atoms with Gasteiger partial charge in [-0.1, -0.05) is 86.6 Å². The molecule has 2 N–H and O–H groups in total. The van der Waals surface area contributed by atoms with Crippen molar-refractivity contribution >= 4 is 23.4 Å². The Balaban J connectivity index is 1.70. The van der Waals surface area contributed by atoms with E-state index >= 15 is 0 Å². The van der Waals surface area contributed by atoms with E-state index < -0.39 is 7.12 Å². The van der Waals surface area contributed by atoms with Gasteiger partial charge in [0.25, 0.3) is 0 Å². The third kappa shape index (κ3) is 2.44. The van der Waals surface area contributed by atoms with E-state index in [4.69, 9.17) is 0 Å². The maximum absolute atomic E-state index is 9.59. The zero-order chi connectivity index (χ0) is 19.5. The second kappa shape index (κ2) is 6.06. The maximum atomic E-state index is 9.59. The van der Waals surface area contributed by atoms with Crippen molar-refractivity contribution in [3.63, 3.8) is 0 Å². The Labute approximate surface area is 165 Å². The molecule has 0 unspecified atom stereocenters. The third-order valence-electron chi connectivity index (χ3n) is 6.10. The third-order valence-corrected chi connectivity index (χ3v) is 6.10. The van der Waals surface area contributed by atoms with Gasteiger partial charge in [0.15, 0.2) is 0 Å². The fourth-order valence-corrected chi connectivity index (χ4v) is 4.56. The van der Waals surface area contributed by atoms with Gasteiger partial charge >= 0.3 is 7.12 Å². The molecule has 0 fully saturated rings. The van der Waals surface area contributed by atoms with Crippen LogP contribution >= 0.6 is 0 Å². The van der Waals surface area contributed by atoms with Crippen LogP contribution in [0.1, 0.15) is 25.0 Å². The highest BCUT2D eigenvalue weighted by Gasteiger charge is 2.36. The molecule has 28 heavy (non-hydrogen) atoms. The Bertz CT molecular complexity index is 1220. The maximum Gasteiger partial charge on any atom is 0.488 e. The van der Waals surface area contributed by atoms with Crippen molar-refractivity contribution in [2.75, 3.05) is 0 Å². The number of rotatable bonds is 2. The highest BCUT2D eigenvalue weighted by atomic mass is 16.4. The van der Waals surface area contributed by atoms with E-state index in [1.165, 1.54) is 38.6 Å². The molecule has 0 bridgehead atoms. The van der Waals surface area contributed by atoms with E-state index in [2.05, 4.69) is 74.5 Å². The zero-order valence-electron chi connectivity index (χ0n) is 16.0. The molecule has 136 valence electrons. The number of hydrogen-bond acceptors (Lipinski definition) is 2. The van der Waals surface area contributed by atoms with Crippen molar-refractivity contribution < 1.29 is 10.0 Å². The molecule has 0 aromatic heterocycles.